The second-order valence-corrected chi connectivity index (χ2v) is 3.84. The molecule has 0 saturated carbocycles. The van der Waals surface area contributed by atoms with Crippen molar-refractivity contribution >= 4 is 11.9 Å². The summed E-state index contributed by atoms with van der Waals surface area (Å²) in [5.74, 6) is -2.54. The van der Waals surface area contributed by atoms with Crippen LogP contribution in [-0.4, -0.2) is 32.2 Å². The van der Waals surface area contributed by atoms with Crippen molar-refractivity contribution in [2.45, 2.75) is 0 Å². The Morgan fingerprint density at radius 3 is 1.89 bits per heavy atom. The number of hydrogen-bond donors (Lipinski definition) is 3. The van der Waals surface area contributed by atoms with Crippen LogP contribution in [0.2, 0.25) is 0 Å². The zero-order chi connectivity index (χ0) is 14.0. The van der Waals surface area contributed by atoms with Crippen molar-refractivity contribution in [2.24, 2.45) is 0 Å². The third-order valence-corrected chi connectivity index (χ3v) is 2.48. The Hall–Kier alpha value is -2.89. The highest BCUT2D eigenvalue weighted by Crippen LogP contribution is 2.24. The molecule has 0 atom stereocenters. The van der Waals surface area contributed by atoms with Crippen molar-refractivity contribution in [3.8, 4) is 16.9 Å². The summed E-state index contributed by atoms with van der Waals surface area (Å²) in [7, 11) is 0. The van der Waals surface area contributed by atoms with E-state index < -0.39 is 11.9 Å². The molecule has 0 spiro atoms. The number of carboxylic acid groups (broad SMARTS) is 2. The average molecular weight is 259 g/mol. The second kappa shape index (κ2) is 4.77. The molecule has 0 bridgehead atoms. The van der Waals surface area contributed by atoms with Crippen LogP contribution < -0.4 is 0 Å². The molecule has 1 aromatic carbocycles. The highest BCUT2D eigenvalue weighted by atomic mass is 16.4. The summed E-state index contributed by atoms with van der Waals surface area (Å²) in [6.07, 6.45) is 2.63. The lowest BCUT2D eigenvalue weighted by molar-refractivity contribution is 0.0696. The van der Waals surface area contributed by atoms with Crippen molar-refractivity contribution in [1.82, 2.24) is 4.98 Å². The first-order valence-corrected chi connectivity index (χ1v) is 5.23. The van der Waals surface area contributed by atoms with Gasteiger partial charge in [-0.25, -0.2) is 9.59 Å². The van der Waals surface area contributed by atoms with Crippen LogP contribution in [0.5, 0.6) is 5.75 Å². The molecule has 0 aliphatic heterocycles. The van der Waals surface area contributed by atoms with E-state index in [0.717, 1.165) is 6.07 Å². The Balaban J connectivity index is 2.62. The fourth-order valence-electron chi connectivity index (χ4n) is 1.63. The topological polar surface area (TPSA) is 108 Å². The van der Waals surface area contributed by atoms with Gasteiger partial charge in [0.2, 0.25) is 0 Å². The summed E-state index contributed by atoms with van der Waals surface area (Å²) >= 11 is 0. The zero-order valence-corrected chi connectivity index (χ0v) is 9.57. The molecular formula is C13H9NO5. The maximum absolute atomic E-state index is 11.0. The Morgan fingerprint density at radius 1 is 0.842 bits per heavy atom. The fourth-order valence-corrected chi connectivity index (χ4v) is 1.63. The summed E-state index contributed by atoms with van der Waals surface area (Å²) in [6.45, 7) is 0. The number of carboxylic acids is 2. The van der Waals surface area contributed by atoms with E-state index in [0.29, 0.717) is 11.1 Å². The first-order valence-electron chi connectivity index (χ1n) is 5.23. The lowest BCUT2D eigenvalue weighted by Gasteiger charge is -2.05. The fraction of sp³-hybridized carbons (Fsp3) is 0. The lowest BCUT2D eigenvalue weighted by Crippen LogP contribution is -2.03. The average Bonchev–Trinajstić information content (AvgIpc) is 2.38. The van der Waals surface area contributed by atoms with Crippen LogP contribution in [0.3, 0.4) is 0 Å². The minimum absolute atomic E-state index is 0.0879. The molecule has 0 amide bonds. The molecule has 19 heavy (non-hydrogen) atoms. The number of benzene rings is 1. The van der Waals surface area contributed by atoms with Crippen LogP contribution in [0, 0.1) is 0 Å². The number of rotatable bonds is 3. The lowest BCUT2D eigenvalue weighted by atomic mass is 10.0. The van der Waals surface area contributed by atoms with Gasteiger partial charge in [0.15, 0.2) is 0 Å². The van der Waals surface area contributed by atoms with Crippen LogP contribution in [0.1, 0.15) is 20.7 Å². The number of carbonyl (C=O) groups is 2. The molecule has 6 heteroatoms. The monoisotopic (exact) mass is 259 g/mol. The molecule has 2 rings (SSSR count). The molecule has 0 fully saturated rings. The largest absolute Gasteiger partial charge is 0.506 e. The van der Waals surface area contributed by atoms with Gasteiger partial charge in [-0.2, -0.15) is 0 Å². The van der Waals surface area contributed by atoms with Gasteiger partial charge in [0, 0.05) is 11.8 Å². The molecule has 96 valence electrons. The van der Waals surface area contributed by atoms with Gasteiger partial charge < -0.3 is 15.3 Å². The Bertz CT molecular complexity index is 634. The molecule has 0 radical (unpaired) electrons. The molecule has 0 aliphatic carbocycles. The molecule has 1 heterocycles. The highest BCUT2D eigenvalue weighted by Gasteiger charge is 2.12. The van der Waals surface area contributed by atoms with Crippen LogP contribution >= 0.6 is 0 Å². The molecule has 3 N–H and O–H groups in total. The minimum atomic E-state index is -1.22. The van der Waals surface area contributed by atoms with Crippen LogP contribution in [0.4, 0.5) is 0 Å². The summed E-state index contributed by atoms with van der Waals surface area (Å²) in [6, 6.07) is 5.10. The number of aromatic nitrogens is 1. The van der Waals surface area contributed by atoms with Crippen molar-refractivity contribution < 1.29 is 24.9 Å². The normalized spacial score (nSPS) is 10.1. The van der Waals surface area contributed by atoms with Crippen molar-refractivity contribution in [2.75, 3.05) is 0 Å². The summed E-state index contributed by atoms with van der Waals surface area (Å²) in [4.78, 5) is 25.7. The number of pyridine rings is 1. The number of aromatic carboxylic acids is 2. The smallest absolute Gasteiger partial charge is 0.335 e. The summed E-state index contributed by atoms with van der Waals surface area (Å²) in [5.41, 5.74) is 0.516. The van der Waals surface area contributed by atoms with Crippen LogP contribution in [-0.2, 0) is 0 Å². The van der Waals surface area contributed by atoms with E-state index in [1.165, 1.54) is 30.6 Å². The maximum atomic E-state index is 11.0. The van der Waals surface area contributed by atoms with Gasteiger partial charge >= 0.3 is 11.9 Å². The van der Waals surface area contributed by atoms with E-state index in [9.17, 15) is 14.7 Å². The van der Waals surface area contributed by atoms with Gasteiger partial charge in [-0.15, -0.1) is 0 Å². The van der Waals surface area contributed by atoms with Crippen LogP contribution in [0.15, 0.2) is 36.7 Å². The molecule has 6 nitrogen and oxygen atoms in total. The third-order valence-electron chi connectivity index (χ3n) is 2.48. The number of nitrogens with zero attached hydrogens (tertiary/aromatic N) is 1. The third kappa shape index (κ3) is 2.68. The first-order chi connectivity index (χ1) is 8.97. The molecule has 0 saturated heterocycles. The minimum Gasteiger partial charge on any atom is -0.506 e. The molecule has 0 aliphatic rings. The Kier molecular flexibility index (Phi) is 3.15. The van der Waals surface area contributed by atoms with E-state index in [-0.39, 0.29) is 16.9 Å². The van der Waals surface area contributed by atoms with E-state index in [4.69, 9.17) is 10.2 Å². The van der Waals surface area contributed by atoms with Gasteiger partial charge in [0.1, 0.15) is 5.75 Å². The Labute approximate surface area is 107 Å². The maximum Gasteiger partial charge on any atom is 0.335 e. The van der Waals surface area contributed by atoms with Crippen molar-refractivity contribution in [3.63, 3.8) is 0 Å². The van der Waals surface area contributed by atoms with Gasteiger partial charge in [-0.3, -0.25) is 4.98 Å². The van der Waals surface area contributed by atoms with E-state index in [2.05, 4.69) is 4.98 Å². The van der Waals surface area contributed by atoms with Gasteiger partial charge in [-0.05, 0) is 29.8 Å². The first kappa shape index (κ1) is 12.6. The van der Waals surface area contributed by atoms with Gasteiger partial charge in [0.25, 0.3) is 0 Å². The molecule has 0 unspecified atom stereocenters. The number of aromatic hydroxyl groups is 1. The molecule has 1 aromatic heterocycles. The number of hydrogen-bond acceptors (Lipinski definition) is 4. The summed E-state index contributed by atoms with van der Waals surface area (Å²) in [5, 5.41) is 27.3. The quantitative estimate of drug-likeness (QED) is 0.776. The van der Waals surface area contributed by atoms with E-state index in [1.807, 2.05) is 0 Å². The highest BCUT2D eigenvalue weighted by molar-refractivity contribution is 5.96. The predicted octanol–water partition coefficient (Wildman–Crippen LogP) is 1.85. The van der Waals surface area contributed by atoms with Crippen molar-refractivity contribution in [1.29, 1.82) is 0 Å². The van der Waals surface area contributed by atoms with Crippen molar-refractivity contribution in [3.05, 3.63) is 47.8 Å². The standard InChI is InChI=1S/C13H9NO5/c15-11-4-10(5-14-6-11)7-1-8(12(16)17)3-9(2-7)13(18)19/h1-6,15H,(H,16,17)(H,18,19). The van der Waals surface area contributed by atoms with E-state index >= 15 is 0 Å². The molecule has 2 aromatic rings. The van der Waals surface area contributed by atoms with Crippen LogP contribution in [0.25, 0.3) is 11.1 Å². The summed E-state index contributed by atoms with van der Waals surface area (Å²) < 4.78 is 0. The zero-order valence-electron chi connectivity index (χ0n) is 9.57. The van der Waals surface area contributed by atoms with E-state index in [1.54, 1.807) is 0 Å². The second-order valence-electron chi connectivity index (χ2n) is 3.84. The van der Waals surface area contributed by atoms with Gasteiger partial charge in [-0.1, -0.05) is 0 Å². The predicted molar refractivity (Wildman–Crippen MR) is 65.3 cm³/mol. The molecular weight excluding hydrogens is 250 g/mol. The SMILES string of the molecule is O=C(O)c1cc(C(=O)O)cc(-c2cncc(O)c2)c1. The van der Waals surface area contributed by atoms with Gasteiger partial charge in [0.05, 0.1) is 17.3 Å². The Morgan fingerprint density at radius 2 is 1.42 bits per heavy atom.